The van der Waals surface area contributed by atoms with Crippen LogP contribution in [-0.2, 0) is 23.1 Å². The molecule has 0 aromatic carbocycles. The van der Waals surface area contributed by atoms with Gasteiger partial charge in [0.15, 0.2) is 0 Å². The molecule has 1 aliphatic rings. The minimum Gasteiger partial charge on any atom is -0.480 e. The number of carboxylic acids is 1. The number of amides is 1. The highest BCUT2D eigenvalue weighted by Crippen LogP contribution is 2.19. The third-order valence-electron chi connectivity index (χ3n) is 3.24. The lowest BCUT2D eigenvalue weighted by Gasteiger charge is -2.21. The Morgan fingerprint density at radius 3 is 2.94 bits per heavy atom. The Balaban J connectivity index is 1.89. The van der Waals surface area contributed by atoms with E-state index in [9.17, 15) is 9.59 Å². The quantitative estimate of drug-likeness (QED) is 0.842. The van der Waals surface area contributed by atoms with Crippen molar-refractivity contribution in [1.29, 1.82) is 0 Å². The smallest absolute Gasteiger partial charge is 0.326 e. The van der Waals surface area contributed by atoms with Crippen LogP contribution >= 0.6 is 0 Å². The number of likely N-dealkylation sites (tertiary alicyclic amines) is 1. The lowest BCUT2D eigenvalue weighted by atomic mass is 10.1. The van der Waals surface area contributed by atoms with E-state index in [0.717, 1.165) is 12.0 Å². The molecule has 1 aromatic heterocycles. The second kappa shape index (κ2) is 5.20. The predicted molar refractivity (Wildman–Crippen MR) is 63.9 cm³/mol. The van der Waals surface area contributed by atoms with Gasteiger partial charge in [-0.1, -0.05) is 0 Å². The van der Waals surface area contributed by atoms with Gasteiger partial charge < -0.3 is 10.0 Å². The van der Waals surface area contributed by atoms with Crippen molar-refractivity contribution >= 4 is 11.9 Å². The average molecular weight is 251 g/mol. The van der Waals surface area contributed by atoms with E-state index in [1.54, 1.807) is 10.9 Å². The highest BCUT2D eigenvalue weighted by molar-refractivity contribution is 5.84. The molecule has 2 heterocycles. The average Bonchev–Trinajstić information content (AvgIpc) is 2.94. The molecular formula is C12H17N3O3. The molecule has 0 radical (unpaired) electrons. The molecule has 0 saturated carbocycles. The molecule has 2 rings (SSSR count). The fraction of sp³-hybridized carbons (Fsp3) is 0.583. The topological polar surface area (TPSA) is 75.4 Å². The van der Waals surface area contributed by atoms with E-state index in [-0.39, 0.29) is 5.91 Å². The second-order valence-corrected chi connectivity index (χ2v) is 4.61. The number of aryl methyl sites for hydroxylation is 2. The first-order chi connectivity index (χ1) is 8.58. The highest BCUT2D eigenvalue weighted by atomic mass is 16.4. The van der Waals surface area contributed by atoms with E-state index >= 15 is 0 Å². The van der Waals surface area contributed by atoms with E-state index in [0.29, 0.717) is 25.8 Å². The van der Waals surface area contributed by atoms with Gasteiger partial charge in [0.2, 0.25) is 5.91 Å². The van der Waals surface area contributed by atoms with Crippen molar-refractivity contribution in [3.05, 3.63) is 18.0 Å². The predicted octanol–water partition coefficient (Wildman–Crippen LogP) is 0.428. The SMILES string of the molecule is Cn1cc(CCC(=O)N2CCC[C@@H]2C(=O)O)cn1. The van der Waals surface area contributed by atoms with Crippen LogP contribution in [0.2, 0.25) is 0 Å². The number of carbonyl (C=O) groups excluding carboxylic acids is 1. The van der Waals surface area contributed by atoms with Crippen LogP contribution in [-0.4, -0.2) is 44.3 Å². The molecular weight excluding hydrogens is 234 g/mol. The first-order valence-electron chi connectivity index (χ1n) is 6.07. The molecule has 98 valence electrons. The van der Waals surface area contributed by atoms with E-state index in [1.165, 1.54) is 4.90 Å². The van der Waals surface area contributed by atoms with E-state index in [4.69, 9.17) is 5.11 Å². The summed E-state index contributed by atoms with van der Waals surface area (Å²) in [5, 5.41) is 13.0. The summed E-state index contributed by atoms with van der Waals surface area (Å²) in [5.74, 6) is -0.981. The summed E-state index contributed by atoms with van der Waals surface area (Å²) in [6.07, 6.45) is 5.88. The molecule has 0 aliphatic carbocycles. The van der Waals surface area contributed by atoms with Crippen LogP contribution in [0.4, 0.5) is 0 Å². The molecule has 1 aromatic rings. The van der Waals surface area contributed by atoms with Crippen LogP contribution in [0.15, 0.2) is 12.4 Å². The summed E-state index contributed by atoms with van der Waals surface area (Å²) >= 11 is 0. The molecule has 1 fully saturated rings. The Kier molecular flexibility index (Phi) is 3.64. The normalized spacial score (nSPS) is 19.2. The molecule has 0 bridgehead atoms. The van der Waals surface area contributed by atoms with Crippen LogP contribution in [0, 0.1) is 0 Å². The Bertz CT molecular complexity index is 455. The van der Waals surface area contributed by atoms with Gasteiger partial charge in [-0.3, -0.25) is 9.48 Å². The monoisotopic (exact) mass is 251 g/mol. The van der Waals surface area contributed by atoms with E-state index in [2.05, 4.69) is 5.10 Å². The Hall–Kier alpha value is -1.85. The summed E-state index contributed by atoms with van der Waals surface area (Å²) in [6.45, 7) is 0.558. The van der Waals surface area contributed by atoms with Crippen LogP contribution < -0.4 is 0 Å². The van der Waals surface area contributed by atoms with Crippen LogP contribution in [0.5, 0.6) is 0 Å². The standard InChI is InChI=1S/C12H17N3O3/c1-14-8-9(7-13-14)4-5-11(16)15-6-2-3-10(15)12(17)18/h7-8,10H,2-6H2,1H3,(H,17,18)/t10-/m1/s1. The molecule has 1 amide bonds. The van der Waals surface area contributed by atoms with E-state index < -0.39 is 12.0 Å². The maximum absolute atomic E-state index is 12.0. The molecule has 6 heteroatoms. The molecule has 1 N–H and O–H groups in total. The zero-order valence-electron chi connectivity index (χ0n) is 10.4. The number of hydrogen-bond donors (Lipinski definition) is 1. The van der Waals surface area contributed by atoms with Gasteiger partial charge >= 0.3 is 5.97 Å². The number of carbonyl (C=O) groups is 2. The summed E-state index contributed by atoms with van der Waals surface area (Å²) in [4.78, 5) is 24.4. The number of aromatic nitrogens is 2. The Morgan fingerprint density at radius 1 is 1.56 bits per heavy atom. The number of carboxylic acid groups (broad SMARTS) is 1. The fourth-order valence-electron chi connectivity index (χ4n) is 2.32. The molecule has 0 spiro atoms. The van der Waals surface area contributed by atoms with Crippen molar-refractivity contribution in [2.24, 2.45) is 7.05 Å². The van der Waals surface area contributed by atoms with Gasteiger partial charge in [-0.25, -0.2) is 4.79 Å². The maximum Gasteiger partial charge on any atom is 0.326 e. The summed E-state index contributed by atoms with van der Waals surface area (Å²) < 4.78 is 1.69. The Labute approximate surface area is 105 Å². The third kappa shape index (κ3) is 2.69. The Morgan fingerprint density at radius 2 is 2.33 bits per heavy atom. The van der Waals surface area contributed by atoms with Crippen LogP contribution in [0.25, 0.3) is 0 Å². The number of hydrogen-bond acceptors (Lipinski definition) is 3. The van der Waals surface area contributed by atoms with Crippen molar-refractivity contribution < 1.29 is 14.7 Å². The van der Waals surface area contributed by atoms with Crippen LogP contribution in [0.3, 0.4) is 0 Å². The first kappa shape index (κ1) is 12.6. The van der Waals surface area contributed by atoms with Gasteiger partial charge in [0.05, 0.1) is 6.20 Å². The van der Waals surface area contributed by atoms with Gasteiger partial charge in [-0.05, 0) is 24.8 Å². The van der Waals surface area contributed by atoms with Crippen molar-refractivity contribution in [2.75, 3.05) is 6.54 Å². The number of nitrogens with zero attached hydrogens (tertiary/aromatic N) is 3. The molecule has 1 saturated heterocycles. The molecule has 6 nitrogen and oxygen atoms in total. The molecule has 1 aliphatic heterocycles. The summed E-state index contributed by atoms with van der Waals surface area (Å²) in [7, 11) is 1.83. The second-order valence-electron chi connectivity index (χ2n) is 4.61. The van der Waals surface area contributed by atoms with Crippen molar-refractivity contribution in [2.45, 2.75) is 31.7 Å². The van der Waals surface area contributed by atoms with Gasteiger partial charge in [0.1, 0.15) is 6.04 Å². The molecule has 1 atom stereocenters. The third-order valence-corrected chi connectivity index (χ3v) is 3.24. The van der Waals surface area contributed by atoms with Gasteiger partial charge in [0, 0.05) is 26.2 Å². The molecule has 0 unspecified atom stereocenters. The summed E-state index contributed by atoms with van der Waals surface area (Å²) in [5.41, 5.74) is 0.997. The van der Waals surface area contributed by atoms with Crippen molar-refractivity contribution in [1.82, 2.24) is 14.7 Å². The van der Waals surface area contributed by atoms with E-state index in [1.807, 2.05) is 13.2 Å². The zero-order valence-corrected chi connectivity index (χ0v) is 10.4. The minimum atomic E-state index is -0.901. The zero-order chi connectivity index (χ0) is 13.1. The first-order valence-corrected chi connectivity index (χ1v) is 6.07. The van der Waals surface area contributed by atoms with Gasteiger partial charge in [0.25, 0.3) is 0 Å². The maximum atomic E-state index is 12.0. The van der Waals surface area contributed by atoms with Crippen molar-refractivity contribution in [3.63, 3.8) is 0 Å². The number of aliphatic carboxylic acids is 1. The molecule has 18 heavy (non-hydrogen) atoms. The van der Waals surface area contributed by atoms with Crippen LogP contribution in [0.1, 0.15) is 24.8 Å². The van der Waals surface area contributed by atoms with Gasteiger partial charge in [-0.15, -0.1) is 0 Å². The van der Waals surface area contributed by atoms with Gasteiger partial charge in [-0.2, -0.15) is 5.10 Å². The lowest BCUT2D eigenvalue weighted by Crippen LogP contribution is -2.40. The lowest BCUT2D eigenvalue weighted by molar-refractivity contribution is -0.148. The summed E-state index contributed by atoms with van der Waals surface area (Å²) in [6, 6.07) is -0.633. The highest BCUT2D eigenvalue weighted by Gasteiger charge is 2.33. The minimum absolute atomic E-state index is 0.0799. The number of rotatable bonds is 4. The fourth-order valence-corrected chi connectivity index (χ4v) is 2.32. The largest absolute Gasteiger partial charge is 0.480 e. The van der Waals surface area contributed by atoms with Crippen molar-refractivity contribution in [3.8, 4) is 0 Å².